The number of carbonyl (C=O) groups excluding carboxylic acids is 2. The minimum atomic E-state index is -0.376. The second-order valence-electron chi connectivity index (χ2n) is 6.21. The van der Waals surface area contributed by atoms with Gasteiger partial charge in [-0.3, -0.25) is 14.9 Å². The van der Waals surface area contributed by atoms with Crippen molar-refractivity contribution in [2.24, 2.45) is 0 Å². The second-order valence-corrected chi connectivity index (χ2v) is 8.06. The molecule has 0 saturated heterocycles. The number of aryl methyl sites for hydroxylation is 1. The molecule has 0 fully saturated rings. The standard InChI is InChI=1S/C19H21N5O3S2/c1-5-27-13-8-6-12(7-9-13)21-18-22-14(10-28-18)16(25)23-19-20-11(2)15(29-19)17(26)24(3)4/h6-10H,5H2,1-4H3,(H,21,22)(H,20,23,25). The summed E-state index contributed by atoms with van der Waals surface area (Å²) in [5.41, 5.74) is 1.70. The van der Waals surface area contributed by atoms with E-state index < -0.39 is 0 Å². The zero-order valence-electron chi connectivity index (χ0n) is 16.5. The maximum atomic E-state index is 12.5. The van der Waals surface area contributed by atoms with Crippen molar-refractivity contribution in [3.63, 3.8) is 0 Å². The normalized spacial score (nSPS) is 10.5. The number of ether oxygens (including phenoxy) is 1. The Labute approximate surface area is 176 Å². The molecule has 29 heavy (non-hydrogen) atoms. The number of carbonyl (C=O) groups is 2. The van der Waals surface area contributed by atoms with Gasteiger partial charge in [0, 0.05) is 25.2 Å². The molecule has 3 rings (SSSR count). The van der Waals surface area contributed by atoms with Gasteiger partial charge in [0.2, 0.25) is 0 Å². The van der Waals surface area contributed by atoms with Crippen LogP contribution < -0.4 is 15.4 Å². The van der Waals surface area contributed by atoms with Crippen LogP contribution in [0.15, 0.2) is 29.6 Å². The van der Waals surface area contributed by atoms with E-state index in [4.69, 9.17) is 4.74 Å². The third-order valence-corrected chi connectivity index (χ3v) is 5.59. The van der Waals surface area contributed by atoms with E-state index in [1.165, 1.54) is 16.2 Å². The van der Waals surface area contributed by atoms with E-state index in [1.807, 2.05) is 31.2 Å². The van der Waals surface area contributed by atoms with Crippen LogP contribution in [0, 0.1) is 6.92 Å². The molecule has 3 aromatic rings. The molecule has 2 amide bonds. The Morgan fingerprint density at radius 1 is 1.14 bits per heavy atom. The first kappa shape index (κ1) is 20.7. The molecule has 2 N–H and O–H groups in total. The Hall–Kier alpha value is -2.98. The van der Waals surface area contributed by atoms with E-state index in [0.717, 1.165) is 22.8 Å². The SMILES string of the molecule is CCOc1ccc(Nc2nc(C(=O)Nc3nc(C)c(C(=O)N(C)C)s3)cs2)cc1. The van der Waals surface area contributed by atoms with Crippen molar-refractivity contribution in [1.82, 2.24) is 14.9 Å². The van der Waals surface area contributed by atoms with Gasteiger partial charge in [-0.05, 0) is 38.1 Å². The van der Waals surface area contributed by atoms with Gasteiger partial charge in [-0.2, -0.15) is 0 Å². The van der Waals surface area contributed by atoms with E-state index in [9.17, 15) is 9.59 Å². The Kier molecular flexibility index (Phi) is 6.45. The highest BCUT2D eigenvalue weighted by Gasteiger charge is 2.19. The monoisotopic (exact) mass is 431 g/mol. The molecular formula is C19H21N5O3S2. The molecule has 0 aliphatic heterocycles. The van der Waals surface area contributed by atoms with E-state index in [0.29, 0.717) is 27.4 Å². The lowest BCUT2D eigenvalue weighted by Gasteiger charge is -2.07. The fraction of sp³-hybridized carbons (Fsp3) is 0.263. The molecule has 0 radical (unpaired) electrons. The summed E-state index contributed by atoms with van der Waals surface area (Å²) < 4.78 is 5.42. The topological polar surface area (TPSA) is 96.5 Å². The van der Waals surface area contributed by atoms with E-state index in [2.05, 4.69) is 20.6 Å². The molecule has 0 unspecified atom stereocenters. The highest BCUT2D eigenvalue weighted by molar-refractivity contribution is 7.17. The predicted octanol–water partition coefficient (Wildman–Crippen LogP) is 4.00. The van der Waals surface area contributed by atoms with Crippen LogP contribution in [0.4, 0.5) is 16.0 Å². The van der Waals surface area contributed by atoms with Crippen LogP contribution >= 0.6 is 22.7 Å². The van der Waals surface area contributed by atoms with Crippen molar-refractivity contribution in [2.45, 2.75) is 13.8 Å². The minimum absolute atomic E-state index is 0.143. The number of rotatable bonds is 7. The quantitative estimate of drug-likeness (QED) is 0.587. The highest BCUT2D eigenvalue weighted by Crippen LogP contribution is 2.26. The maximum absolute atomic E-state index is 12.5. The molecule has 10 heteroatoms. The molecule has 0 atom stereocenters. The number of thiazole rings is 2. The van der Waals surface area contributed by atoms with Gasteiger partial charge in [0.05, 0.1) is 12.3 Å². The zero-order valence-corrected chi connectivity index (χ0v) is 18.1. The summed E-state index contributed by atoms with van der Waals surface area (Å²) >= 11 is 2.47. The summed E-state index contributed by atoms with van der Waals surface area (Å²) in [5, 5.41) is 8.50. The van der Waals surface area contributed by atoms with Crippen LogP contribution in [0.5, 0.6) is 5.75 Å². The molecule has 0 aliphatic rings. The van der Waals surface area contributed by atoms with Crippen molar-refractivity contribution in [2.75, 3.05) is 31.3 Å². The lowest BCUT2D eigenvalue weighted by molar-refractivity contribution is 0.0831. The van der Waals surface area contributed by atoms with Gasteiger partial charge < -0.3 is 15.0 Å². The van der Waals surface area contributed by atoms with Gasteiger partial charge >= 0.3 is 0 Å². The van der Waals surface area contributed by atoms with Crippen molar-refractivity contribution in [1.29, 1.82) is 0 Å². The largest absolute Gasteiger partial charge is 0.494 e. The van der Waals surface area contributed by atoms with Gasteiger partial charge in [0.15, 0.2) is 10.3 Å². The highest BCUT2D eigenvalue weighted by atomic mass is 32.1. The minimum Gasteiger partial charge on any atom is -0.494 e. The summed E-state index contributed by atoms with van der Waals surface area (Å²) in [6.45, 7) is 4.29. The third kappa shape index (κ3) is 5.09. The molecule has 0 aliphatic carbocycles. The van der Waals surface area contributed by atoms with Crippen LogP contribution in [0.2, 0.25) is 0 Å². The molecule has 0 saturated carbocycles. The van der Waals surface area contributed by atoms with Crippen molar-refractivity contribution in [3.05, 3.63) is 45.9 Å². The van der Waals surface area contributed by atoms with Gasteiger partial charge in [-0.25, -0.2) is 9.97 Å². The number of nitrogens with zero attached hydrogens (tertiary/aromatic N) is 3. The number of anilines is 3. The number of aromatic nitrogens is 2. The van der Waals surface area contributed by atoms with E-state index >= 15 is 0 Å². The van der Waals surface area contributed by atoms with Crippen LogP contribution in [0.25, 0.3) is 0 Å². The van der Waals surface area contributed by atoms with Gasteiger partial charge in [0.25, 0.3) is 11.8 Å². The van der Waals surface area contributed by atoms with Gasteiger partial charge in [-0.15, -0.1) is 11.3 Å². The van der Waals surface area contributed by atoms with Gasteiger partial charge in [-0.1, -0.05) is 11.3 Å². The van der Waals surface area contributed by atoms with E-state index in [1.54, 1.807) is 26.4 Å². The molecule has 2 aromatic heterocycles. The lowest BCUT2D eigenvalue weighted by atomic mass is 10.3. The molecule has 152 valence electrons. The summed E-state index contributed by atoms with van der Waals surface area (Å²) in [7, 11) is 3.35. The molecule has 8 nitrogen and oxygen atoms in total. The number of amides is 2. The van der Waals surface area contributed by atoms with Crippen LogP contribution in [-0.4, -0.2) is 47.4 Å². The first-order valence-electron chi connectivity index (χ1n) is 8.83. The molecule has 2 heterocycles. The molecule has 0 spiro atoms. The van der Waals surface area contributed by atoms with Crippen molar-refractivity contribution < 1.29 is 14.3 Å². The summed E-state index contributed by atoms with van der Waals surface area (Å²) in [6, 6.07) is 7.50. The van der Waals surface area contributed by atoms with Crippen molar-refractivity contribution in [3.8, 4) is 5.75 Å². The summed E-state index contributed by atoms with van der Waals surface area (Å²) in [4.78, 5) is 35.2. The average molecular weight is 432 g/mol. The number of hydrogen-bond acceptors (Lipinski definition) is 8. The smallest absolute Gasteiger partial charge is 0.276 e. The average Bonchev–Trinajstić information content (AvgIpc) is 3.29. The maximum Gasteiger partial charge on any atom is 0.276 e. The number of hydrogen-bond donors (Lipinski definition) is 2. The Balaban J connectivity index is 1.65. The Morgan fingerprint density at radius 3 is 2.52 bits per heavy atom. The molecular weight excluding hydrogens is 410 g/mol. The fourth-order valence-corrected chi connectivity index (χ4v) is 4.07. The fourth-order valence-electron chi connectivity index (χ4n) is 2.37. The van der Waals surface area contributed by atoms with Gasteiger partial charge in [0.1, 0.15) is 16.3 Å². The van der Waals surface area contributed by atoms with Crippen molar-refractivity contribution >= 4 is 50.4 Å². The molecule has 0 bridgehead atoms. The predicted molar refractivity (Wildman–Crippen MR) is 116 cm³/mol. The Bertz CT molecular complexity index is 1010. The number of benzene rings is 1. The summed E-state index contributed by atoms with van der Waals surface area (Å²) in [6.07, 6.45) is 0. The summed E-state index contributed by atoms with van der Waals surface area (Å²) in [5.74, 6) is 0.276. The zero-order chi connectivity index (χ0) is 21.0. The van der Waals surface area contributed by atoms with E-state index in [-0.39, 0.29) is 17.5 Å². The number of nitrogens with one attached hydrogen (secondary N) is 2. The first-order chi connectivity index (χ1) is 13.9. The molecule has 1 aromatic carbocycles. The first-order valence-corrected chi connectivity index (χ1v) is 10.5. The third-order valence-electron chi connectivity index (χ3n) is 3.77. The lowest BCUT2D eigenvalue weighted by Crippen LogP contribution is -2.21. The Morgan fingerprint density at radius 2 is 1.86 bits per heavy atom. The second kappa shape index (κ2) is 9.01. The van der Waals surface area contributed by atoms with Crippen LogP contribution in [0.1, 0.15) is 32.8 Å². The van der Waals surface area contributed by atoms with Crippen LogP contribution in [0.3, 0.4) is 0 Å². The van der Waals surface area contributed by atoms with Crippen LogP contribution in [-0.2, 0) is 0 Å².